The zero-order chi connectivity index (χ0) is 20.8. The van der Waals surface area contributed by atoms with Crippen LogP contribution in [0.5, 0.6) is 0 Å². The Morgan fingerprint density at radius 3 is 2.54 bits per heavy atom. The number of benzene rings is 1. The van der Waals surface area contributed by atoms with E-state index in [2.05, 4.69) is 20.6 Å². The molecule has 1 aromatic heterocycles. The molecule has 2 aromatic rings. The van der Waals surface area contributed by atoms with E-state index in [1.165, 1.54) is 24.0 Å². The first-order valence-electron chi connectivity index (χ1n) is 9.02. The topological polar surface area (TPSA) is 74.5 Å². The SMILES string of the molecule is CCNC(=NCc1ccccc1C)NCCC(O)(c1nccn1C)C(F)(F)F. The third kappa shape index (κ3) is 5.03. The maximum Gasteiger partial charge on any atom is 0.424 e. The van der Waals surface area contributed by atoms with E-state index in [1.54, 1.807) is 0 Å². The minimum absolute atomic E-state index is 0.136. The molecule has 2 rings (SSSR count). The van der Waals surface area contributed by atoms with Crippen molar-refractivity contribution in [1.29, 1.82) is 0 Å². The lowest BCUT2D eigenvalue weighted by molar-refractivity contribution is -0.272. The van der Waals surface area contributed by atoms with Crippen LogP contribution in [0.25, 0.3) is 0 Å². The summed E-state index contributed by atoms with van der Waals surface area (Å²) < 4.78 is 41.8. The number of nitrogens with zero attached hydrogens (tertiary/aromatic N) is 3. The Bertz CT molecular complexity index is 803. The van der Waals surface area contributed by atoms with Crippen LogP contribution in [-0.2, 0) is 19.2 Å². The average Bonchev–Trinajstić information content (AvgIpc) is 3.06. The van der Waals surface area contributed by atoms with Crippen molar-refractivity contribution in [2.45, 2.75) is 38.6 Å². The van der Waals surface area contributed by atoms with E-state index >= 15 is 0 Å². The van der Waals surface area contributed by atoms with E-state index < -0.39 is 24.0 Å². The lowest BCUT2D eigenvalue weighted by atomic mass is 9.97. The third-order valence-corrected chi connectivity index (χ3v) is 4.45. The number of halogens is 3. The Labute approximate surface area is 162 Å². The van der Waals surface area contributed by atoms with Gasteiger partial charge in [0.2, 0.25) is 5.60 Å². The number of rotatable bonds is 7. The van der Waals surface area contributed by atoms with Crippen LogP contribution in [0.4, 0.5) is 13.2 Å². The molecule has 28 heavy (non-hydrogen) atoms. The van der Waals surface area contributed by atoms with Crippen LogP contribution in [0.1, 0.15) is 30.3 Å². The Kier molecular flexibility index (Phi) is 7.06. The van der Waals surface area contributed by atoms with Crippen molar-refractivity contribution >= 4 is 5.96 Å². The molecule has 9 heteroatoms. The van der Waals surface area contributed by atoms with E-state index in [0.717, 1.165) is 11.1 Å². The highest BCUT2D eigenvalue weighted by Gasteiger charge is 2.57. The highest BCUT2D eigenvalue weighted by molar-refractivity contribution is 5.79. The molecule has 1 aromatic carbocycles. The van der Waals surface area contributed by atoms with Gasteiger partial charge in [-0.25, -0.2) is 9.98 Å². The summed E-state index contributed by atoms with van der Waals surface area (Å²) in [6.45, 7) is 4.66. The maximum absolute atomic E-state index is 13.6. The number of aliphatic imine (C=N–C) groups is 1. The van der Waals surface area contributed by atoms with Gasteiger partial charge >= 0.3 is 6.18 Å². The lowest BCUT2D eigenvalue weighted by Crippen LogP contribution is -2.47. The van der Waals surface area contributed by atoms with Gasteiger partial charge in [-0.1, -0.05) is 24.3 Å². The van der Waals surface area contributed by atoms with Crippen LogP contribution in [0.2, 0.25) is 0 Å². The fourth-order valence-corrected chi connectivity index (χ4v) is 2.80. The number of hydrogen-bond donors (Lipinski definition) is 3. The van der Waals surface area contributed by atoms with Crippen molar-refractivity contribution in [3.05, 3.63) is 53.6 Å². The second kappa shape index (κ2) is 9.09. The number of guanidine groups is 1. The van der Waals surface area contributed by atoms with Gasteiger partial charge in [0.25, 0.3) is 0 Å². The number of imidazole rings is 1. The predicted octanol–water partition coefficient (Wildman–Crippen LogP) is 2.62. The number of aryl methyl sites for hydroxylation is 2. The molecule has 0 aliphatic heterocycles. The minimum Gasteiger partial charge on any atom is -0.374 e. The predicted molar refractivity (Wildman–Crippen MR) is 102 cm³/mol. The highest BCUT2D eigenvalue weighted by Crippen LogP contribution is 2.40. The van der Waals surface area contributed by atoms with E-state index in [1.807, 2.05) is 38.1 Å². The van der Waals surface area contributed by atoms with Gasteiger partial charge in [0.15, 0.2) is 5.96 Å². The first-order chi connectivity index (χ1) is 13.2. The molecule has 0 spiro atoms. The van der Waals surface area contributed by atoms with Gasteiger partial charge in [-0.05, 0) is 25.0 Å². The first kappa shape index (κ1) is 21.7. The van der Waals surface area contributed by atoms with Crippen molar-refractivity contribution in [3.8, 4) is 0 Å². The average molecular weight is 397 g/mol. The molecule has 0 saturated carbocycles. The second-order valence-corrected chi connectivity index (χ2v) is 6.52. The standard InChI is InChI=1S/C19H26F3N5O/c1-4-23-17(26-13-15-8-6-5-7-14(15)2)25-10-9-18(28,19(20,21)22)16-24-11-12-27(16)3/h5-8,11-12,28H,4,9-10,13H2,1-3H3,(H2,23,25,26). The summed E-state index contributed by atoms with van der Waals surface area (Å²) in [4.78, 5) is 8.11. The van der Waals surface area contributed by atoms with Crippen molar-refractivity contribution in [2.24, 2.45) is 12.0 Å². The number of aromatic nitrogens is 2. The van der Waals surface area contributed by atoms with E-state index in [9.17, 15) is 18.3 Å². The number of alkyl halides is 3. The van der Waals surface area contributed by atoms with Gasteiger partial charge < -0.3 is 20.3 Å². The summed E-state index contributed by atoms with van der Waals surface area (Å²) in [5.41, 5.74) is -0.936. The molecule has 0 radical (unpaired) electrons. The lowest BCUT2D eigenvalue weighted by Gasteiger charge is -2.30. The van der Waals surface area contributed by atoms with Gasteiger partial charge in [0, 0.05) is 39.0 Å². The molecule has 1 unspecified atom stereocenters. The van der Waals surface area contributed by atoms with Crippen molar-refractivity contribution < 1.29 is 18.3 Å². The molecule has 0 aliphatic carbocycles. The van der Waals surface area contributed by atoms with Crippen LogP contribution in [0.3, 0.4) is 0 Å². The number of nitrogens with one attached hydrogen (secondary N) is 2. The fraction of sp³-hybridized carbons (Fsp3) is 0.474. The zero-order valence-electron chi connectivity index (χ0n) is 16.2. The van der Waals surface area contributed by atoms with Gasteiger partial charge in [-0.2, -0.15) is 13.2 Å². The largest absolute Gasteiger partial charge is 0.424 e. The van der Waals surface area contributed by atoms with E-state index in [0.29, 0.717) is 19.0 Å². The molecule has 6 nitrogen and oxygen atoms in total. The Hall–Kier alpha value is -2.55. The van der Waals surface area contributed by atoms with Crippen LogP contribution in [-0.4, -0.2) is 39.9 Å². The Morgan fingerprint density at radius 1 is 1.25 bits per heavy atom. The zero-order valence-corrected chi connectivity index (χ0v) is 16.2. The third-order valence-electron chi connectivity index (χ3n) is 4.45. The molecule has 1 heterocycles. The van der Waals surface area contributed by atoms with Crippen molar-refractivity contribution in [1.82, 2.24) is 20.2 Å². The number of aliphatic hydroxyl groups is 1. The molecule has 154 valence electrons. The quantitative estimate of drug-likeness (QED) is 0.496. The molecule has 0 bridgehead atoms. The minimum atomic E-state index is -4.86. The summed E-state index contributed by atoms with van der Waals surface area (Å²) in [6, 6.07) is 7.77. The monoisotopic (exact) mass is 397 g/mol. The van der Waals surface area contributed by atoms with Crippen LogP contribution >= 0.6 is 0 Å². The Morgan fingerprint density at radius 2 is 1.96 bits per heavy atom. The summed E-state index contributed by atoms with van der Waals surface area (Å²) in [5, 5.41) is 16.2. The smallest absolute Gasteiger partial charge is 0.374 e. The highest BCUT2D eigenvalue weighted by atomic mass is 19.4. The van der Waals surface area contributed by atoms with Gasteiger partial charge in [-0.15, -0.1) is 0 Å². The molecule has 1 atom stereocenters. The molecule has 0 amide bonds. The van der Waals surface area contributed by atoms with Crippen molar-refractivity contribution in [2.75, 3.05) is 13.1 Å². The van der Waals surface area contributed by atoms with Gasteiger partial charge in [0.05, 0.1) is 6.54 Å². The number of hydrogen-bond acceptors (Lipinski definition) is 3. The molecular weight excluding hydrogens is 371 g/mol. The summed E-state index contributed by atoms with van der Waals surface area (Å²) >= 11 is 0. The summed E-state index contributed by atoms with van der Waals surface area (Å²) in [5.74, 6) is -0.0567. The molecule has 0 fully saturated rings. The molecule has 0 aliphatic rings. The van der Waals surface area contributed by atoms with E-state index in [-0.39, 0.29) is 6.54 Å². The summed E-state index contributed by atoms with van der Waals surface area (Å²) in [7, 11) is 1.42. The van der Waals surface area contributed by atoms with E-state index in [4.69, 9.17) is 0 Å². The molecular formula is C19H26F3N5O. The van der Waals surface area contributed by atoms with Crippen LogP contribution in [0, 0.1) is 6.92 Å². The maximum atomic E-state index is 13.6. The fourth-order valence-electron chi connectivity index (χ4n) is 2.80. The van der Waals surface area contributed by atoms with Crippen LogP contribution in [0.15, 0.2) is 41.7 Å². The molecule has 3 N–H and O–H groups in total. The van der Waals surface area contributed by atoms with Gasteiger partial charge in [0.1, 0.15) is 5.82 Å². The second-order valence-electron chi connectivity index (χ2n) is 6.52. The van der Waals surface area contributed by atoms with Crippen LogP contribution < -0.4 is 10.6 Å². The molecule has 0 saturated heterocycles. The van der Waals surface area contributed by atoms with Crippen molar-refractivity contribution in [3.63, 3.8) is 0 Å². The normalized spacial score (nSPS) is 14.6. The Balaban J connectivity index is 2.09. The summed E-state index contributed by atoms with van der Waals surface area (Å²) in [6.07, 6.45) is -2.86. The first-order valence-corrected chi connectivity index (χ1v) is 9.02. The van der Waals surface area contributed by atoms with Gasteiger partial charge in [-0.3, -0.25) is 0 Å².